The second-order valence-electron chi connectivity index (χ2n) is 9.87. The number of hydrogen-bond acceptors (Lipinski definition) is 10. The Labute approximate surface area is 238 Å². The zero-order valence-electron chi connectivity index (χ0n) is 22.7. The van der Waals surface area contributed by atoms with Gasteiger partial charge in [-0.15, -0.1) is 0 Å². The topological polar surface area (TPSA) is 164 Å². The van der Waals surface area contributed by atoms with Crippen LogP contribution in [0, 0.1) is 0 Å². The number of rotatable bonds is 11. The molecule has 0 saturated carbocycles. The zero-order chi connectivity index (χ0) is 30.8. The quantitative estimate of drug-likeness (QED) is 0.214. The summed E-state index contributed by atoms with van der Waals surface area (Å²) in [4.78, 5) is 28.2. The highest BCUT2D eigenvalue weighted by atomic mass is 31.2. The number of nitrogens with one attached hydrogen (secondary N) is 1. The van der Waals surface area contributed by atoms with Crippen LogP contribution in [-0.2, 0) is 23.4 Å². The number of fused-ring (bicyclic) bond motifs is 1. The number of benzene rings is 2. The molecule has 0 spiro atoms. The first-order chi connectivity index (χ1) is 19.8. The summed E-state index contributed by atoms with van der Waals surface area (Å²) >= 11 is 0. The van der Waals surface area contributed by atoms with Gasteiger partial charge in [-0.3, -0.25) is 13.9 Å². The lowest BCUT2D eigenvalue weighted by molar-refractivity contribution is -0.192. The van der Waals surface area contributed by atoms with Gasteiger partial charge >= 0.3 is 19.4 Å². The number of esters is 1. The van der Waals surface area contributed by atoms with E-state index in [1.807, 2.05) is 0 Å². The van der Waals surface area contributed by atoms with Crippen molar-refractivity contribution in [3.63, 3.8) is 0 Å². The van der Waals surface area contributed by atoms with Gasteiger partial charge in [-0.25, -0.2) is 22.5 Å². The Bertz CT molecular complexity index is 1540. The van der Waals surface area contributed by atoms with Crippen molar-refractivity contribution in [1.29, 1.82) is 0 Å². The number of aliphatic hydroxyl groups is 1. The van der Waals surface area contributed by atoms with Gasteiger partial charge in [0, 0.05) is 11.6 Å². The van der Waals surface area contributed by atoms with Gasteiger partial charge in [-0.1, -0.05) is 36.4 Å². The van der Waals surface area contributed by atoms with Crippen LogP contribution >= 0.6 is 7.75 Å². The maximum absolute atomic E-state index is 15.2. The minimum absolute atomic E-state index is 0.00749. The average Bonchev–Trinajstić information content (AvgIpc) is 3.18. The van der Waals surface area contributed by atoms with E-state index in [0.717, 1.165) is 12.3 Å². The lowest BCUT2D eigenvalue weighted by Crippen LogP contribution is -2.52. The third kappa shape index (κ3) is 6.45. The highest BCUT2D eigenvalue weighted by molar-refractivity contribution is 7.52. The summed E-state index contributed by atoms with van der Waals surface area (Å²) in [6, 6.07) is 11.4. The maximum Gasteiger partial charge on any atom is 0.459 e. The Balaban J connectivity index is 1.67. The number of carbonyl (C=O) groups excluding carboxylic acids is 1. The van der Waals surface area contributed by atoms with Gasteiger partial charge in [-0.2, -0.15) is 10.1 Å². The standard InChI is InChI=1S/C26H30F3N4O8P/c1-14(2)39-23(35)15(3)32-42(37,41-18-10-6-8-16-7-4-5-9-17(16)18)38-13-26(24(28)29)21(34)20(27)22(40-26)33-12-11-19(30)31-25(33)36/h4-12,14-15,20-22,24,34H,13H2,1-3H3,(H,32,37)(H2,30,31,36). The van der Waals surface area contributed by atoms with Gasteiger partial charge in [0.2, 0.25) is 0 Å². The Morgan fingerprint density at radius 2 is 1.90 bits per heavy atom. The van der Waals surface area contributed by atoms with E-state index in [1.165, 1.54) is 13.0 Å². The predicted molar refractivity (Wildman–Crippen MR) is 145 cm³/mol. The number of aromatic nitrogens is 2. The summed E-state index contributed by atoms with van der Waals surface area (Å²) in [5, 5.41) is 14.1. The summed E-state index contributed by atoms with van der Waals surface area (Å²) in [6.45, 7) is 3.07. The molecule has 12 nitrogen and oxygen atoms in total. The molecule has 2 heterocycles. The molecule has 0 aliphatic carbocycles. The number of ether oxygens (including phenoxy) is 2. The van der Waals surface area contributed by atoms with E-state index in [0.29, 0.717) is 15.3 Å². The number of anilines is 1. The van der Waals surface area contributed by atoms with E-state index < -0.39 is 68.7 Å². The van der Waals surface area contributed by atoms with Crippen molar-refractivity contribution in [2.45, 2.75) is 63.4 Å². The molecule has 3 aromatic rings. The molecule has 0 amide bonds. The molecule has 4 rings (SSSR count). The predicted octanol–water partition coefficient (Wildman–Crippen LogP) is 3.34. The molecule has 4 N–H and O–H groups in total. The highest BCUT2D eigenvalue weighted by Crippen LogP contribution is 2.50. The Morgan fingerprint density at radius 3 is 2.57 bits per heavy atom. The Kier molecular flexibility index (Phi) is 9.28. The fourth-order valence-electron chi connectivity index (χ4n) is 4.28. The second-order valence-corrected chi connectivity index (χ2v) is 11.6. The van der Waals surface area contributed by atoms with E-state index in [9.17, 15) is 28.0 Å². The number of halogens is 3. The number of nitrogens with zero attached hydrogens (tertiary/aromatic N) is 2. The fourth-order valence-corrected chi connectivity index (χ4v) is 5.83. The van der Waals surface area contributed by atoms with Crippen molar-refractivity contribution in [3.05, 3.63) is 65.2 Å². The lowest BCUT2D eigenvalue weighted by Gasteiger charge is -2.32. The van der Waals surface area contributed by atoms with Gasteiger partial charge in [0.1, 0.15) is 23.7 Å². The molecule has 228 valence electrons. The summed E-state index contributed by atoms with van der Waals surface area (Å²) in [5.41, 5.74) is 1.20. The molecule has 1 fully saturated rings. The van der Waals surface area contributed by atoms with Crippen LogP contribution in [0.1, 0.15) is 27.0 Å². The average molecular weight is 615 g/mol. The van der Waals surface area contributed by atoms with Crippen molar-refractivity contribution in [1.82, 2.24) is 14.6 Å². The van der Waals surface area contributed by atoms with Crippen LogP contribution < -0.4 is 21.0 Å². The first-order valence-corrected chi connectivity index (χ1v) is 14.3. The molecular formula is C26H30F3N4O8P. The maximum atomic E-state index is 15.2. The summed E-state index contributed by atoms with van der Waals surface area (Å²) in [7, 11) is -4.78. The van der Waals surface area contributed by atoms with Gasteiger partial charge in [-0.05, 0) is 38.3 Å². The number of carbonyl (C=O) groups is 1. The molecule has 1 aliphatic heterocycles. The summed E-state index contributed by atoms with van der Waals surface area (Å²) < 4.78 is 80.3. The number of nitrogen functional groups attached to an aromatic ring is 1. The smallest absolute Gasteiger partial charge is 0.459 e. The van der Waals surface area contributed by atoms with E-state index in [-0.39, 0.29) is 11.6 Å². The first kappa shape index (κ1) is 31.4. The molecule has 1 aliphatic rings. The van der Waals surface area contributed by atoms with Crippen molar-refractivity contribution >= 4 is 30.3 Å². The minimum atomic E-state index is -4.78. The van der Waals surface area contributed by atoms with Crippen LogP contribution in [0.4, 0.5) is 19.0 Å². The summed E-state index contributed by atoms with van der Waals surface area (Å²) in [5.74, 6) is -1.06. The van der Waals surface area contributed by atoms with Crippen molar-refractivity contribution in [3.8, 4) is 5.75 Å². The van der Waals surface area contributed by atoms with Crippen LogP contribution in [0.15, 0.2) is 59.5 Å². The van der Waals surface area contributed by atoms with E-state index >= 15 is 4.39 Å². The van der Waals surface area contributed by atoms with Gasteiger partial charge < -0.3 is 24.8 Å². The molecule has 0 radical (unpaired) electrons. The molecule has 1 aromatic heterocycles. The molecule has 16 heteroatoms. The van der Waals surface area contributed by atoms with Gasteiger partial charge in [0.05, 0.1) is 12.7 Å². The van der Waals surface area contributed by atoms with Crippen LogP contribution in [0.3, 0.4) is 0 Å². The lowest BCUT2D eigenvalue weighted by atomic mass is 9.97. The SMILES string of the molecule is CC(C)OC(=O)C(C)NP(=O)(OCC1(C(F)F)OC(n2ccc(N)nc2=O)C(F)C1O)Oc1cccc2ccccc12. The number of alkyl halides is 3. The van der Waals surface area contributed by atoms with E-state index in [1.54, 1.807) is 50.2 Å². The molecule has 2 aromatic carbocycles. The third-order valence-corrected chi connectivity index (χ3v) is 8.00. The van der Waals surface area contributed by atoms with E-state index in [4.69, 9.17) is 24.3 Å². The van der Waals surface area contributed by atoms with Crippen LogP contribution in [0.25, 0.3) is 10.8 Å². The van der Waals surface area contributed by atoms with Crippen molar-refractivity contribution in [2.75, 3.05) is 12.3 Å². The third-order valence-electron chi connectivity index (χ3n) is 6.40. The molecular weight excluding hydrogens is 584 g/mol. The molecule has 6 unspecified atom stereocenters. The molecule has 0 bridgehead atoms. The zero-order valence-corrected chi connectivity index (χ0v) is 23.6. The number of aliphatic hydroxyl groups excluding tert-OH is 1. The van der Waals surface area contributed by atoms with Gasteiger partial charge in [0.25, 0.3) is 6.43 Å². The number of hydrogen-bond donors (Lipinski definition) is 3. The van der Waals surface area contributed by atoms with Crippen molar-refractivity contribution in [2.24, 2.45) is 0 Å². The van der Waals surface area contributed by atoms with Crippen LogP contribution in [0.5, 0.6) is 5.75 Å². The monoisotopic (exact) mass is 614 g/mol. The van der Waals surface area contributed by atoms with Crippen LogP contribution in [-0.4, -0.2) is 63.7 Å². The largest absolute Gasteiger partial charge is 0.462 e. The Hall–Kier alpha value is -3.49. The van der Waals surface area contributed by atoms with Crippen LogP contribution in [0.2, 0.25) is 0 Å². The fraction of sp³-hybridized carbons (Fsp3) is 0.423. The molecule has 1 saturated heterocycles. The Morgan fingerprint density at radius 1 is 1.21 bits per heavy atom. The normalized spacial score (nSPS) is 24.5. The minimum Gasteiger partial charge on any atom is -0.462 e. The summed E-state index contributed by atoms with van der Waals surface area (Å²) in [6.07, 6.45) is -10.3. The number of nitrogens with two attached hydrogens (primary N) is 1. The molecule has 42 heavy (non-hydrogen) atoms. The van der Waals surface area contributed by atoms with E-state index in [2.05, 4.69) is 10.1 Å². The first-order valence-electron chi connectivity index (χ1n) is 12.8. The molecule has 6 atom stereocenters. The highest BCUT2D eigenvalue weighted by Gasteiger charge is 2.62. The van der Waals surface area contributed by atoms with Gasteiger partial charge in [0.15, 0.2) is 18.0 Å². The second kappa shape index (κ2) is 12.4. The van der Waals surface area contributed by atoms with Crippen molar-refractivity contribution < 1.29 is 46.2 Å².